The average Bonchev–Trinajstić information content (AvgIpc) is 3.32. The van der Waals surface area contributed by atoms with Gasteiger partial charge in [0.25, 0.3) is 5.69 Å². The second-order valence-corrected chi connectivity index (χ2v) is 10.3. The van der Waals surface area contributed by atoms with Crippen LogP contribution in [0.25, 0.3) is 0 Å². The molecule has 0 saturated carbocycles. The molecule has 2 aromatic carbocycles. The van der Waals surface area contributed by atoms with Crippen molar-refractivity contribution < 1.29 is 33.6 Å². The molecule has 10 nitrogen and oxygen atoms in total. The smallest absolute Gasteiger partial charge is 0.341 e. The monoisotopic (exact) mass is 564 g/mol. The van der Waals surface area contributed by atoms with Gasteiger partial charge < -0.3 is 14.8 Å². The molecule has 0 spiro atoms. The topological polar surface area (TPSA) is 142 Å². The fourth-order valence-corrected chi connectivity index (χ4v) is 5.93. The van der Waals surface area contributed by atoms with Crippen LogP contribution in [0, 0.1) is 10.1 Å². The fraction of sp³-hybridized carbons (Fsp3) is 0.310. The van der Waals surface area contributed by atoms with Crippen LogP contribution in [0.15, 0.2) is 54.6 Å². The third kappa shape index (κ3) is 6.97. The summed E-state index contributed by atoms with van der Waals surface area (Å²) in [7, 11) is 0. The minimum Gasteiger partial charge on any atom is -0.462 e. The summed E-state index contributed by atoms with van der Waals surface area (Å²) >= 11 is 1.35. The summed E-state index contributed by atoms with van der Waals surface area (Å²) in [5.74, 6) is -2.03. The van der Waals surface area contributed by atoms with E-state index in [1.165, 1.54) is 35.1 Å². The largest absolute Gasteiger partial charge is 0.462 e. The molecule has 1 N–H and O–H groups in total. The summed E-state index contributed by atoms with van der Waals surface area (Å²) in [6.07, 6.45) is 1.79. The predicted molar refractivity (Wildman–Crippen MR) is 148 cm³/mol. The Morgan fingerprint density at radius 3 is 2.55 bits per heavy atom. The zero-order chi connectivity index (χ0) is 28.6. The predicted octanol–water partition coefficient (Wildman–Crippen LogP) is 5.25. The van der Waals surface area contributed by atoms with Crippen LogP contribution in [0.2, 0.25) is 0 Å². The highest BCUT2D eigenvalue weighted by atomic mass is 32.1. The lowest BCUT2D eigenvalue weighted by Gasteiger charge is -2.23. The minimum atomic E-state index is -0.768. The molecule has 40 heavy (non-hydrogen) atoms. The maximum Gasteiger partial charge on any atom is 0.341 e. The molecule has 4 rings (SSSR count). The number of hydrogen-bond acceptors (Lipinski definition) is 9. The SMILES string of the molecule is CCOC(=O)c1c(NC(=O)CCC(=O)OCC(=O)c2cccc([N+](=O)[O-])c2)sc2c1CCC(c1ccccc1)C2. The molecule has 1 aromatic heterocycles. The van der Waals surface area contributed by atoms with Crippen molar-refractivity contribution in [3.05, 3.63) is 91.8 Å². The Balaban J connectivity index is 1.36. The highest BCUT2D eigenvalue weighted by molar-refractivity contribution is 7.17. The molecule has 1 aliphatic rings. The van der Waals surface area contributed by atoms with Gasteiger partial charge >= 0.3 is 11.9 Å². The van der Waals surface area contributed by atoms with Gasteiger partial charge in [-0.15, -0.1) is 11.3 Å². The lowest BCUT2D eigenvalue weighted by atomic mass is 9.83. The van der Waals surface area contributed by atoms with Crippen LogP contribution in [0.4, 0.5) is 10.7 Å². The molecule has 3 aromatic rings. The number of Topliss-reactive ketones (excluding diaryl/α,β-unsaturated/α-hetero) is 1. The van der Waals surface area contributed by atoms with Crippen molar-refractivity contribution in [2.24, 2.45) is 0 Å². The maximum atomic E-state index is 12.8. The number of rotatable bonds is 11. The van der Waals surface area contributed by atoms with E-state index in [9.17, 15) is 29.3 Å². The van der Waals surface area contributed by atoms with E-state index >= 15 is 0 Å². The molecule has 1 amide bonds. The molecule has 0 aliphatic heterocycles. The van der Waals surface area contributed by atoms with Gasteiger partial charge in [-0.3, -0.25) is 24.5 Å². The number of hydrogen-bond donors (Lipinski definition) is 1. The molecule has 1 heterocycles. The van der Waals surface area contributed by atoms with Gasteiger partial charge in [0.1, 0.15) is 5.00 Å². The molecule has 1 atom stereocenters. The number of esters is 2. The van der Waals surface area contributed by atoms with E-state index in [0.29, 0.717) is 22.9 Å². The van der Waals surface area contributed by atoms with Crippen LogP contribution in [0.1, 0.15) is 68.8 Å². The summed E-state index contributed by atoms with van der Waals surface area (Å²) in [6.45, 7) is 1.31. The summed E-state index contributed by atoms with van der Waals surface area (Å²) in [6, 6.07) is 15.3. The van der Waals surface area contributed by atoms with Gasteiger partial charge in [-0.1, -0.05) is 42.5 Å². The third-order valence-corrected chi connectivity index (χ3v) is 7.74. The number of carbonyl (C=O) groups excluding carboxylic acids is 4. The summed E-state index contributed by atoms with van der Waals surface area (Å²) in [5, 5.41) is 14.1. The lowest BCUT2D eigenvalue weighted by molar-refractivity contribution is -0.384. The first-order valence-electron chi connectivity index (χ1n) is 12.9. The zero-order valence-electron chi connectivity index (χ0n) is 21.8. The zero-order valence-corrected chi connectivity index (χ0v) is 22.7. The molecular weight excluding hydrogens is 536 g/mol. The van der Waals surface area contributed by atoms with Crippen molar-refractivity contribution >= 4 is 45.7 Å². The third-order valence-electron chi connectivity index (χ3n) is 6.57. The lowest BCUT2D eigenvalue weighted by Crippen LogP contribution is -2.19. The van der Waals surface area contributed by atoms with Crippen LogP contribution < -0.4 is 5.32 Å². The summed E-state index contributed by atoms with van der Waals surface area (Å²) < 4.78 is 10.2. The number of nitro benzene ring substituents is 1. The van der Waals surface area contributed by atoms with Crippen molar-refractivity contribution in [1.82, 2.24) is 0 Å². The first-order valence-corrected chi connectivity index (χ1v) is 13.7. The first-order chi connectivity index (χ1) is 19.3. The van der Waals surface area contributed by atoms with E-state index in [2.05, 4.69) is 17.4 Å². The van der Waals surface area contributed by atoms with E-state index in [-0.39, 0.29) is 30.7 Å². The highest BCUT2D eigenvalue weighted by Crippen LogP contribution is 2.42. The van der Waals surface area contributed by atoms with Crippen molar-refractivity contribution in [1.29, 1.82) is 0 Å². The van der Waals surface area contributed by atoms with Crippen LogP contribution in [-0.4, -0.2) is 41.8 Å². The molecule has 1 unspecified atom stereocenters. The van der Waals surface area contributed by atoms with Crippen molar-refractivity contribution in [3.63, 3.8) is 0 Å². The number of benzene rings is 2. The quantitative estimate of drug-likeness (QED) is 0.144. The van der Waals surface area contributed by atoms with E-state index < -0.39 is 35.2 Å². The van der Waals surface area contributed by atoms with E-state index in [0.717, 1.165) is 29.3 Å². The Labute approximate surface area is 234 Å². The number of anilines is 1. The van der Waals surface area contributed by atoms with Crippen LogP contribution in [-0.2, 0) is 31.9 Å². The maximum absolute atomic E-state index is 12.8. The Morgan fingerprint density at radius 1 is 1.05 bits per heavy atom. The average molecular weight is 565 g/mol. The van der Waals surface area contributed by atoms with Gasteiger partial charge in [0.05, 0.1) is 23.5 Å². The number of ketones is 1. The summed E-state index contributed by atoms with van der Waals surface area (Å²) in [4.78, 5) is 61.2. The first kappa shape index (κ1) is 28.6. The van der Waals surface area contributed by atoms with Crippen molar-refractivity contribution in [3.8, 4) is 0 Å². The van der Waals surface area contributed by atoms with Crippen LogP contribution >= 0.6 is 11.3 Å². The Bertz CT molecular complexity index is 1430. The van der Waals surface area contributed by atoms with E-state index in [1.807, 2.05) is 18.2 Å². The van der Waals surface area contributed by atoms with Crippen molar-refractivity contribution in [2.75, 3.05) is 18.5 Å². The molecule has 208 valence electrons. The molecule has 11 heteroatoms. The summed E-state index contributed by atoms with van der Waals surface area (Å²) in [5.41, 5.74) is 2.29. The van der Waals surface area contributed by atoms with Gasteiger partial charge in [0.2, 0.25) is 11.7 Å². The fourth-order valence-electron chi connectivity index (χ4n) is 4.60. The van der Waals surface area contributed by atoms with Gasteiger partial charge in [-0.05, 0) is 43.2 Å². The number of non-ortho nitro benzene ring substituents is 1. The number of nitrogens with zero attached hydrogens (tertiary/aromatic N) is 1. The Hall–Kier alpha value is -4.38. The highest BCUT2D eigenvalue weighted by Gasteiger charge is 2.31. The second kappa shape index (κ2) is 13.1. The van der Waals surface area contributed by atoms with Crippen molar-refractivity contribution in [2.45, 2.75) is 44.9 Å². The Morgan fingerprint density at radius 2 is 1.82 bits per heavy atom. The van der Waals surface area contributed by atoms with Gasteiger partial charge in [-0.25, -0.2) is 4.79 Å². The number of carbonyl (C=O) groups is 4. The standard InChI is InChI=1S/C29H28N2O8S/c1-2-38-29(35)27-22-12-11-19(18-7-4-3-5-8-18)16-24(22)40-28(27)30-25(33)13-14-26(34)39-17-23(32)20-9-6-10-21(15-20)31(36)37/h3-10,15,19H,2,11-14,16-17H2,1H3,(H,30,33). The molecular formula is C29H28N2O8S. The number of nitrogens with one attached hydrogen (secondary N) is 1. The molecule has 0 radical (unpaired) electrons. The minimum absolute atomic E-state index is 0.0439. The van der Waals surface area contributed by atoms with Crippen LogP contribution in [0.5, 0.6) is 0 Å². The number of nitro groups is 1. The van der Waals surface area contributed by atoms with Gasteiger partial charge in [-0.2, -0.15) is 0 Å². The van der Waals surface area contributed by atoms with E-state index in [1.54, 1.807) is 6.92 Å². The number of thiophene rings is 1. The van der Waals surface area contributed by atoms with Gasteiger partial charge in [0.15, 0.2) is 6.61 Å². The molecule has 0 fully saturated rings. The normalized spacial score (nSPS) is 14.1. The molecule has 0 bridgehead atoms. The van der Waals surface area contributed by atoms with E-state index in [4.69, 9.17) is 9.47 Å². The number of amides is 1. The Kier molecular flexibility index (Phi) is 9.39. The molecule has 0 saturated heterocycles. The number of ether oxygens (including phenoxy) is 2. The van der Waals surface area contributed by atoms with Crippen LogP contribution in [0.3, 0.4) is 0 Å². The number of fused-ring (bicyclic) bond motifs is 1. The second-order valence-electron chi connectivity index (χ2n) is 9.22. The molecule has 1 aliphatic carbocycles. The van der Waals surface area contributed by atoms with Gasteiger partial charge in [0, 0.05) is 29.0 Å².